The number of H-pyrrole nitrogens is 1. The number of carbonyl (C=O) groups excluding carboxylic acids is 1. The number of benzene rings is 2. The molecule has 33 heavy (non-hydrogen) atoms. The molecule has 0 fully saturated rings. The van der Waals surface area contributed by atoms with Crippen molar-refractivity contribution in [1.29, 1.82) is 0 Å². The number of aromatic amines is 1. The number of nitrogens with one attached hydrogen (secondary N) is 2. The number of ether oxygens (including phenoxy) is 2. The maximum Gasteiger partial charge on any atom is 0.227 e. The summed E-state index contributed by atoms with van der Waals surface area (Å²) < 4.78 is 15.7. The Bertz CT molecular complexity index is 1200. The van der Waals surface area contributed by atoms with Gasteiger partial charge in [-0.2, -0.15) is 4.98 Å². The third-order valence-electron chi connectivity index (χ3n) is 5.79. The molecule has 0 unspecified atom stereocenters. The number of aryl methyl sites for hydroxylation is 1. The molecule has 4 rings (SSSR count). The van der Waals surface area contributed by atoms with Gasteiger partial charge in [0.15, 0.2) is 5.82 Å². The first-order chi connectivity index (χ1) is 16.1. The molecule has 0 radical (unpaired) electrons. The second-order valence-electron chi connectivity index (χ2n) is 7.84. The number of fused-ring (bicyclic) bond motifs is 1. The van der Waals surface area contributed by atoms with E-state index in [0.29, 0.717) is 24.7 Å². The largest absolute Gasteiger partial charge is 0.497 e. The van der Waals surface area contributed by atoms with E-state index in [0.717, 1.165) is 27.8 Å². The predicted octanol–water partition coefficient (Wildman–Crippen LogP) is 4.15. The molecule has 2 aromatic carbocycles. The smallest absolute Gasteiger partial charge is 0.227 e. The molecule has 4 aromatic rings. The van der Waals surface area contributed by atoms with Crippen LogP contribution in [0, 0.1) is 0 Å². The van der Waals surface area contributed by atoms with Crippen molar-refractivity contribution in [3.05, 3.63) is 77.6 Å². The van der Waals surface area contributed by atoms with E-state index in [2.05, 4.69) is 26.5 Å². The van der Waals surface area contributed by atoms with E-state index in [1.165, 1.54) is 0 Å². The van der Waals surface area contributed by atoms with Crippen molar-refractivity contribution >= 4 is 16.8 Å². The van der Waals surface area contributed by atoms with Crippen LogP contribution in [0.2, 0.25) is 0 Å². The van der Waals surface area contributed by atoms with Gasteiger partial charge in [-0.15, -0.1) is 0 Å². The molecule has 2 heterocycles. The number of para-hydroxylation sites is 1. The van der Waals surface area contributed by atoms with Crippen LogP contribution < -0.4 is 10.1 Å². The van der Waals surface area contributed by atoms with Crippen LogP contribution >= 0.6 is 0 Å². The summed E-state index contributed by atoms with van der Waals surface area (Å²) in [5.74, 6) is 1.60. The fourth-order valence-corrected chi connectivity index (χ4v) is 3.79. The lowest BCUT2D eigenvalue weighted by molar-refractivity contribution is -0.121. The molecule has 0 spiro atoms. The Labute approximate surface area is 192 Å². The summed E-state index contributed by atoms with van der Waals surface area (Å²) in [7, 11) is 3.23. The number of aromatic nitrogens is 3. The second-order valence-corrected chi connectivity index (χ2v) is 7.84. The molecule has 2 atom stereocenters. The lowest BCUT2D eigenvalue weighted by Gasteiger charge is -2.18. The number of hydrogen-bond acceptors (Lipinski definition) is 6. The normalized spacial score (nSPS) is 13.1. The number of amides is 1. The molecule has 0 aliphatic rings. The van der Waals surface area contributed by atoms with Crippen LogP contribution in [0.25, 0.3) is 10.9 Å². The number of rotatable bonds is 10. The Morgan fingerprint density at radius 3 is 2.70 bits per heavy atom. The second kappa shape index (κ2) is 10.3. The first-order valence-electron chi connectivity index (χ1n) is 10.9. The first kappa shape index (κ1) is 22.5. The van der Waals surface area contributed by atoms with E-state index >= 15 is 0 Å². The van der Waals surface area contributed by atoms with Crippen LogP contribution in [0.4, 0.5) is 0 Å². The van der Waals surface area contributed by atoms with E-state index < -0.39 is 0 Å². The lowest BCUT2D eigenvalue weighted by atomic mass is 9.90. The standard InChI is InChI=1S/C25H28N4O4/c1-16(31-2)25-28-24(33-29-25)13-12-23(30)27-14-20(17-8-10-18(32-3)11-9-17)21-15-26-22-7-5-4-6-19(21)22/h4-11,15-16,20,26H,12-14H2,1-3H3,(H,27,30)/t16-,20-/m1/s1. The molecule has 172 valence electrons. The Kier molecular flexibility index (Phi) is 7.04. The van der Waals surface area contributed by atoms with Gasteiger partial charge in [-0.05, 0) is 36.2 Å². The van der Waals surface area contributed by atoms with Gasteiger partial charge in [0, 0.05) is 49.5 Å². The molecule has 0 aliphatic heterocycles. The van der Waals surface area contributed by atoms with E-state index in [9.17, 15) is 4.79 Å². The van der Waals surface area contributed by atoms with Crippen molar-refractivity contribution in [1.82, 2.24) is 20.4 Å². The highest BCUT2D eigenvalue weighted by molar-refractivity contribution is 5.84. The van der Waals surface area contributed by atoms with E-state index in [1.54, 1.807) is 14.2 Å². The van der Waals surface area contributed by atoms with Gasteiger partial charge in [-0.1, -0.05) is 35.5 Å². The number of carbonyl (C=O) groups is 1. The molecule has 2 aromatic heterocycles. The Morgan fingerprint density at radius 1 is 1.15 bits per heavy atom. The van der Waals surface area contributed by atoms with Crippen molar-refractivity contribution in [2.24, 2.45) is 0 Å². The van der Waals surface area contributed by atoms with Crippen LogP contribution in [0.1, 0.15) is 48.2 Å². The minimum atomic E-state index is -0.252. The van der Waals surface area contributed by atoms with Crippen LogP contribution in [0.5, 0.6) is 5.75 Å². The first-order valence-corrected chi connectivity index (χ1v) is 10.9. The highest BCUT2D eigenvalue weighted by Gasteiger charge is 2.20. The number of hydrogen-bond donors (Lipinski definition) is 2. The predicted molar refractivity (Wildman–Crippen MR) is 124 cm³/mol. The van der Waals surface area contributed by atoms with Crippen LogP contribution in [0.15, 0.2) is 59.3 Å². The molecule has 0 saturated carbocycles. The van der Waals surface area contributed by atoms with Gasteiger partial charge in [-0.25, -0.2) is 0 Å². The fraction of sp³-hybridized carbons (Fsp3) is 0.320. The summed E-state index contributed by atoms with van der Waals surface area (Å²) in [6, 6.07) is 16.1. The molecular formula is C25H28N4O4. The average Bonchev–Trinajstić information content (AvgIpc) is 3.50. The van der Waals surface area contributed by atoms with E-state index in [-0.39, 0.29) is 24.3 Å². The zero-order valence-electron chi connectivity index (χ0n) is 19.0. The lowest BCUT2D eigenvalue weighted by Crippen LogP contribution is -2.29. The fourth-order valence-electron chi connectivity index (χ4n) is 3.79. The van der Waals surface area contributed by atoms with Gasteiger partial charge < -0.3 is 24.3 Å². The summed E-state index contributed by atoms with van der Waals surface area (Å²) >= 11 is 0. The summed E-state index contributed by atoms with van der Waals surface area (Å²) in [6.07, 6.45) is 2.39. The van der Waals surface area contributed by atoms with Gasteiger partial charge in [0.1, 0.15) is 11.9 Å². The summed E-state index contributed by atoms with van der Waals surface area (Å²) in [5, 5.41) is 8.11. The van der Waals surface area contributed by atoms with Crippen molar-refractivity contribution in [3.8, 4) is 5.75 Å². The minimum Gasteiger partial charge on any atom is -0.497 e. The molecule has 8 nitrogen and oxygen atoms in total. The summed E-state index contributed by atoms with van der Waals surface area (Å²) in [6.45, 7) is 2.30. The molecule has 8 heteroatoms. The Balaban J connectivity index is 1.46. The van der Waals surface area contributed by atoms with Crippen molar-refractivity contribution < 1.29 is 18.8 Å². The molecule has 0 aliphatic carbocycles. The van der Waals surface area contributed by atoms with E-state index in [1.807, 2.05) is 55.6 Å². The highest BCUT2D eigenvalue weighted by Crippen LogP contribution is 2.31. The number of methoxy groups -OCH3 is 2. The quantitative estimate of drug-likeness (QED) is 0.378. The minimum absolute atomic E-state index is 0.0198. The van der Waals surface area contributed by atoms with Crippen molar-refractivity contribution in [2.45, 2.75) is 31.8 Å². The topological polar surface area (TPSA) is 102 Å². The van der Waals surface area contributed by atoms with Crippen LogP contribution in [0.3, 0.4) is 0 Å². The molecular weight excluding hydrogens is 420 g/mol. The summed E-state index contributed by atoms with van der Waals surface area (Å²) in [5.41, 5.74) is 3.29. The average molecular weight is 449 g/mol. The third-order valence-corrected chi connectivity index (χ3v) is 5.79. The molecule has 0 saturated heterocycles. The Morgan fingerprint density at radius 2 is 1.94 bits per heavy atom. The third kappa shape index (κ3) is 5.23. The van der Waals surface area contributed by atoms with E-state index in [4.69, 9.17) is 14.0 Å². The van der Waals surface area contributed by atoms with Gasteiger partial charge in [-0.3, -0.25) is 4.79 Å². The SMILES string of the molecule is COc1ccc([C@@H](CNC(=O)CCc2nc([C@@H](C)OC)no2)c2c[nH]c3ccccc23)cc1. The molecule has 2 N–H and O–H groups in total. The van der Waals surface area contributed by atoms with Gasteiger partial charge in [0.05, 0.1) is 7.11 Å². The van der Waals surface area contributed by atoms with Gasteiger partial charge in [0.2, 0.25) is 11.8 Å². The van der Waals surface area contributed by atoms with Crippen LogP contribution in [-0.4, -0.2) is 41.8 Å². The van der Waals surface area contributed by atoms with Crippen molar-refractivity contribution in [2.75, 3.05) is 20.8 Å². The monoisotopic (exact) mass is 448 g/mol. The zero-order valence-corrected chi connectivity index (χ0v) is 19.0. The maximum atomic E-state index is 12.6. The van der Waals surface area contributed by atoms with Crippen LogP contribution in [-0.2, 0) is 16.0 Å². The summed E-state index contributed by atoms with van der Waals surface area (Å²) in [4.78, 5) is 20.3. The highest BCUT2D eigenvalue weighted by atomic mass is 16.5. The molecule has 0 bridgehead atoms. The van der Waals surface area contributed by atoms with Gasteiger partial charge >= 0.3 is 0 Å². The maximum absolute atomic E-state index is 12.6. The number of nitrogens with zero attached hydrogens (tertiary/aromatic N) is 2. The van der Waals surface area contributed by atoms with Crippen molar-refractivity contribution in [3.63, 3.8) is 0 Å². The van der Waals surface area contributed by atoms with Gasteiger partial charge in [0.25, 0.3) is 0 Å². The molecule has 1 amide bonds. The Hall–Kier alpha value is -3.65. The zero-order chi connectivity index (χ0) is 23.2.